The van der Waals surface area contributed by atoms with E-state index in [0.29, 0.717) is 18.0 Å². The van der Waals surface area contributed by atoms with Gasteiger partial charge in [0.25, 0.3) is 11.6 Å². The van der Waals surface area contributed by atoms with Crippen LogP contribution in [0.2, 0.25) is 0 Å². The fraction of sp³-hybridized carbons (Fsp3) is 0.556. The van der Waals surface area contributed by atoms with E-state index in [9.17, 15) is 20.2 Å². The first-order chi connectivity index (χ1) is 11.3. The smallest absolute Gasteiger partial charge is 0.269 e. The minimum absolute atomic E-state index is 0.0147. The molecule has 4 atom stereocenters. The maximum atomic E-state index is 13.0. The zero-order valence-electron chi connectivity index (χ0n) is 13.8. The first kappa shape index (κ1) is 15.1. The van der Waals surface area contributed by atoms with Gasteiger partial charge in [0.1, 0.15) is 5.54 Å². The van der Waals surface area contributed by atoms with Gasteiger partial charge in [-0.05, 0) is 42.7 Å². The maximum absolute atomic E-state index is 13.0. The summed E-state index contributed by atoms with van der Waals surface area (Å²) in [5, 5.41) is 20.8. The first-order valence-electron chi connectivity index (χ1n) is 8.27. The third-order valence-corrected chi connectivity index (χ3v) is 7.31. The van der Waals surface area contributed by atoms with Crippen molar-refractivity contribution in [3.63, 3.8) is 0 Å². The van der Waals surface area contributed by atoms with Gasteiger partial charge in [0.15, 0.2) is 0 Å². The Kier molecular flexibility index (Phi) is 2.74. The second kappa shape index (κ2) is 4.35. The third-order valence-electron chi connectivity index (χ3n) is 7.31. The predicted molar refractivity (Wildman–Crippen MR) is 86.0 cm³/mol. The molecule has 1 heterocycles. The lowest BCUT2D eigenvalue weighted by Gasteiger charge is -2.43. The zero-order valence-corrected chi connectivity index (χ0v) is 13.8. The van der Waals surface area contributed by atoms with E-state index in [0.717, 1.165) is 19.3 Å². The van der Waals surface area contributed by atoms with Gasteiger partial charge in [0, 0.05) is 29.7 Å². The van der Waals surface area contributed by atoms with Gasteiger partial charge in [-0.25, -0.2) is 0 Å². The number of rotatable bonds is 2. The summed E-state index contributed by atoms with van der Waals surface area (Å²) in [6.45, 7) is 4.97. The molecule has 1 aromatic rings. The molecule has 6 nitrogen and oxygen atoms in total. The average molecular weight is 325 g/mol. The number of non-ortho nitro benzene ring substituents is 1. The normalized spacial score (nSPS) is 39.0. The molecule has 0 radical (unpaired) electrons. The van der Waals surface area contributed by atoms with Crippen LogP contribution in [0.15, 0.2) is 24.3 Å². The Labute approximate surface area is 140 Å². The lowest BCUT2D eigenvalue weighted by Crippen LogP contribution is -2.54. The van der Waals surface area contributed by atoms with Gasteiger partial charge in [-0.15, -0.1) is 0 Å². The highest BCUT2D eigenvalue weighted by Crippen LogP contribution is 2.75. The van der Waals surface area contributed by atoms with Gasteiger partial charge in [0.2, 0.25) is 0 Å². The highest BCUT2D eigenvalue weighted by molar-refractivity contribution is 5.96. The van der Waals surface area contributed by atoms with Crippen LogP contribution in [0.3, 0.4) is 0 Å². The Morgan fingerprint density at radius 3 is 2.58 bits per heavy atom. The summed E-state index contributed by atoms with van der Waals surface area (Å²) in [5.41, 5.74) is -0.563. The average Bonchev–Trinajstić information content (AvgIpc) is 3.03. The Bertz CT molecular complexity index is 799. The van der Waals surface area contributed by atoms with Crippen molar-refractivity contribution in [1.29, 1.82) is 5.26 Å². The fourth-order valence-electron chi connectivity index (χ4n) is 5.64. The van der Waals surface area contributed by atoms with Crippen molar-refractivity contribution in [2.45, 2.75) is 38.6 Å². The first-order valence-corrected chi connectivity index (χ1v) is 8.27. The van der Waals surface area contributed by atoms with E-state index in [1.54, 1.807) is 4.90 Å². The number of carbonyl (C=O) groups excluding carboxylic acids is 1. The summed E-state index contributed by atoms with van der Waals surface area (Å²) in [4.78, 5) is 25.1. The number of hydrogen-bond acceptors (Lipinski definition) is 4. The maximum Gasteiger partial charge on any atom is 0.269 e. The molecule has 1 aromatic carbocycles. The summed E-state index contributed by atoms with van der Waals surface area (Å²) in [5.74, 6) is 0.310. The monoisotopic (exact) mass is 325 g/mol. The summed E-state index contributed by atoms with van der Waals surface area (Å²) in [6, 6.07) is 8.15. The fourth-order valence-corrected chi connectivity index (χ4v) is 5.64. The number of amides is 1. The van der Waals surface area contributed by atoms with Gasteiger partial charge >= 0.3 is 0 Å². The minimum Gasteiger partial charge on any atom is -0.319 e. The largest absolute Gasteiger partial charge is 0.319 e. The molecule has 1 saturated heterocycles. The molecule has 24 heavy (non-hydrogen) atoms. The van der Waals surface area contributed by atoms with Crippen LogP contribution in [0.4, 0.5) is 5.69 Å². The molecule has 3 aliphatic rings. The van der Waals surface area contributed by atoms with Gasteiger partial charge in [0.05, 0.1) is 11.0 Å². The number of nitro benzene ring substituents is 1. The Morgan fingerprint density at radius 2 is 2.04 bits per heavy atom. The molecule has 4 bridgehead atoms. The SMILES string of the molecule is C[C@@]12CC[C@H]3C[C@@]1(C#N)N(C(=O)c1ccc([N+](=O)[O-])cc1)C[C@@]32C. The van der Waals surface area contributed by atoms with Crippen LogP contribution < -0.4 is 0 Å². The summed E-state index contributed by atoms with van der Waals surface area (Å²) in [6.07, 6.45) is 2.86. The standard InChI is InChI=1S/C18H19N3O3/c1-16-11-20(15(22)12-3-5-14(6-4-12)21(23)24)18(10-19)9-13(16)7-8-17(16,18)2/h3-6,13H,7-9,11H2,1-2H3/t13-,16-,17-,18-/m0/s1. The number of piperidine rings is 1. The molecule has 2 saturated carbocycles. The van der Waals surface area contributed by atoms with Crippen LogP contribution in [0.25, 0.3) is 0 Å². The Balaban J connectivity index is 1.72. The van der Waals surface area contributed by atoms with Crippen molar-refractivity contribution in [1.82, 2.24) is 4.90 Å². The van der Waals surface area contributed by atoms with E-state index in [-0.39, 0.29) is 22.4 Å². The number of benzene rings is 1. The summed E-state index contributed by atoms with van der Waals surface area (Å²) < 4.78 is 0. The molecule has 1 aliphatic heterocycles. The van der Waals surface area contributed by atoms with Gasteiger partial charge < -0.3 is 4.90 Å². The van der Waals surface area contributed by atoms with Crippen LogP contribution in [0.5, 0.6) is 0 Å². The highest BCUT2D eigenvalue weighted by Gasteiger charge is 2.78. The molecule has 4 rings (SSSR count). The molecule has 1 amide bonds. The van der Waals surface area contributed by atoms with Gasteiger partial charge in [-0.2, -0.15) is 5.26 Å². The van der Waals surface area contributed by atoms with Crippen molar-refractivity contribution >= 4 is 11.6 Å². The van der Waals surface area contributed by atoms with Crippen LogP contribution in [-0.2, 0) is 0 Å². The summed E-state index contributed by atoms with van der Waals surface area (Å²) in [7, 11) is 0. The molecule has 124 valence electrons. The van der Waals surface area contributed by atoms with E-state index in [1.807, 2.05) is 0 Å². The van der Waals surface area contributed by atoms with Gasteiger partial charge in [-0.1, -0.05) is 13.8 Å². The van der Waals surface area contributed by atoms with E-state index in [2.05, 4.69) is 19.9 Å². The van der Waals surface area contributed by atoms with Crippen molar-refractivity contribution in [3.05, 3.63) is 39.9 Å². The topological polar surface area (TPSA) is 87.2 Å². The second-order valence-corrected chi connectivity index (χ2v) is 7.86. The van der Waals surface area contributed by atoms with Gasteiger partial charge in [-0.3, -0.25) is 14.9 Å². The number of nitriles is 1. The number of nitrogens with zero attached hydrogens (tertiary/aromatic N) is 3. The molecule has 3 fully saturated rings. The Morgan fingerprint density at radius 1 is 1.38 bits per heavy atom. The number of carbonyl (C=O) groups is 1. The number of likely N-dealkylation sites (tertiary alicyclic amines) is 1. The molecule has 6 heteroatoms. The van der Waals surface area contributed by atoms with Crippen molar-refractivity contribution in [3.8, 4) is 6.07 Å². The zero-order chi connectivity index (χ0) is 17.3. The third kappa shape index (κ3) is 1.44. The van der Waals surface area contributed by atoms with E-state index in [4.69, 9.17) is 0 Å². The quantitative estimate of drug-likeness (QED) is 0.617. The minimum atomic E-state index is -0.747. The Hall–Kier alpha value is -2.42. The van der Waals surface area contributed by atoms with E-state index in [1.165, 1.54) is 24.3 Å². The lowest BCUT2D eigenvalue weighted by molar-refractivity contribution is -0.384. The van der Waals surface area contributed by atoms with E-state index < -0.39 is 10.5 Å². The predicted octanol–water partition coefficient (Wildman–Crippen LogP) is 3.14. The molecule has 2 aliphatic carbocycles. The molecule has 0 unspecified atom stereocenters. The van der Waals surface area contributed by atoms with Crippen molar-refractivity contribution in [2.24, 2.45) is 16.7 Å². The molecule has 0 spiro atoms. The number of hydrogen-bond donors (Lipinski definition) is 0. The second-order valence-electron chi connectivity index (χ2n) is 7.86. The molecular weight excluding hydrogens is 306 g/mol. The van der Waals surface area contributed by atoms with Crippen LogP contribution >= 0.6 is 0 Å². The summed E-state index contributed by atoms with van der Waals surface area (Å²) >= 11 is 0. The van der Waals surface area contributed by atoms with Crippen molar-refractivity contribution in [2.75, 3.05) is 6.54 Å². The number of nitro groups is 1. The molecular formula is C18H19N3O3. The van der Waals surface area contributed by atoms with Crippen LogP contribution in [0, 0.1) is 38.2 Å². The molecule has 0 aromatic heterocycles. The van der Waals surface area contributed by atoms with Crippen LogP contribution in [0.1, 0.15) is 43.5 Å². The lowest BCUT2D eigenvalue weighted by atomic mass is 9.66. The van der Waals surface area contributed by atoms with Crippen LogP contribution in [-0.4, -0.2) is 27.8 Å². The van der Waals surface area contributed by atoms with Crippen molar-refractivity contribution < 1.29 is 9.72 Å². The van der Waals surface area contributed by atoms with E-state index >= 15 is 0 Å². The highest BCUT2D eigenvalue weighted by atomic mass is 16.6. The molecule has 0 N–H and O–H groups in total.